The summed E-state index contributed by atoms with van der Waals surface area (Å²) in [7, 11) is 1.61. The number of furan rings is 1. The van der Waals surface area contributed by atoms with Crippen molar-refractivity contribution in [1.82, 2.24) is 10.2 Å². The van der Waals surface area contributed by atoms with Gasteiger partial charge in [-0.2, -0.15) is 0 Å². The van der Waals surface area contributed by atoms with Crippen molar-refractivity contribution in [3.63, 3.8) is 0 Å². The summed E-state index contributed by atoms with van der Waals surface area (Å²) in [4.78, 5) is 15.0. The molecule has 0 atom stereocenters. The minimum atomic E-state index is -0.207. The van der Waals surface area contributed by atoms with Crippen molar-refractivity contribution in [1.29, 1.82) is 0 Å². The van der Waals surface area contributed by atoms with Crippen LogP contribution in [0.5, 0.6) is 5.75 Å². The molecule has 6 heteroatoms. The van der Waals surface area contributed by atoms with Gasteiger partial charge in [-0.25, -0.2) is 0 Å². The van der Waals surface area contributed by atoms with Crippen molar-refractivity contribution < 1.29 is 19.1 Å². The van der Waals surface area contributed by atoms with Gasteiger partial charge in [0.25, 0.3) is 5.91 Å². The van der Waals surface area contributed by atoms with Crippen LogP contribution in [0.2, 0.25) is 0 Å². The van der Waals surface area contributed by atoms with Crippen molar-refractivity contribution in [2.45, 2.75) is 6.54 Å². The normalized spacial score (nSPS) is 15.1. The second kappa shape index (κ2) is 7.42. The second-order valence-corrected chi connectivity index (χ2v) is 6.62. The second-order valence-electron chi connectivity index (χ2n) is 6.62. The van der Waals surface area contributed by atoms with E-state index >= 15 is 0 Å². The van der Waals surface area contributed by atoms with E-state index in [1.165, 1.54) is 0 Å². The molecule has 1 aliphatic rings. The lowest BCUT2D eigenvalue weighted by molar-refractivity contribution is 0.0343. The van der Waals surface area contributed by atoms with Gasteiger partial charge in [0.05, 0.1) is 18.8 Å². The van der Waals surface area contributed by atoms with Crippen LogP contribution < -0.4 is 5.32 Å². The van der Waals surface area contributed by atoms with Crippen LogP contribution in [0.15, 0.2) is 46.9 Å². The number of morpholine rings is 1. The van der Waals surface area contributed by atoms with Crippen molar-refractivity contribution in [3.05, 3.63) is 53.6 Å². The lowest BCUT2D eigenvalue weighted by Gasteiger charge is -2.26. The molecule has 0 saturated carbocycles. The summed E-state index contributed by atoms with van der Waals surface area (Å²) >= 11 is 0. The molecule has 4 rings (SSSR count). The van der Waals surface area contributed by atoms with Gasteiger partial charge in [-0.15, -0.1) is 0 Å². The molecule has 1 aromatic heterocycles. The summed E-state index contributed by atoms with van der Waals surface area (Å²) in [5.41, 5.74) is 2.71. The number of rotatable bonds is 4. The molecule has 0 radical (unpaired) electrons. The van der Waals surface area contributed by atoms with Crippen LogP contribution in [0, 0.1) is 0 Å². The maximum Gasteiger partial charge on any atom is 0.255 e. The minimum absolute atomic E-state index is 0.127. The summed E-state index contributed by atoms with van der Waals surface area (Å²) in [6.45, 7) is 3.62. The molecule has 2 aromatic carbocycles. The highest BCUT2D eigenvalue weighted by Gasteiger charge is 2.25. The van der Waals surface area contributed by atoms with E-state index in [9.17, 15) is 9.90 Å². The third-order valence-corrected chi connectivity index (χ3v) is 4.85. The van der Waals surface area contributed by atoms with Gasteiger partial charge in [-0.1, -0.05) is 30.3 Å². The molecular formula is C21H22N2O4. The number of hydrogen-bond donors (Lipinski definition) is 2. The molecule has 0 unspecified atom stereocenters. The van der Waals surface area contributed by atoms with E-state index in [-0.39, 0.29) is 11.7 Å². The average Bonchev–Trinajstić information content (AvgIpc) is 3.08. The molecule has 6 nitrogen and oxygen atoms in total. The Kier molecular flexibility index (Phi) is 4.83. The van der Waals surface area contributed by atoms with Crippen LogP contribution >= 0.6 is 0 Å². The third-order valence-electron chi connectivity index (χ3n) is 4.85. The Morgan fingerprint density at radius 1 is 1.19 bits per heavy atom. The van der Waals surface area contributed by atoms with Crippen LogP contribution in [-0.4, -0.2) is 49.3 Å². The van der Waals surface area contributed by atoms with Crippen LogP contribution in [0.25, 0.3) is 22.3 Å². The fourth-order valence-corrected chi connectivity index (χ4v) is 3.56. The highest BCUT2D eigenvalue weighted by atomic mass is 16.5. The number of carbonyl (C=O) groups is 1. The molecule has 1 saturated heterocycles. The SMILES string of the molecule is CNC(=O)c1c(-c2ccccc2)oc2cc(O)cc(CN3CCOCC3)c12. The first-order chi connectivity index (χ1) is 13.2. The fraction of sp³-hybridized carbons (Fsp3) is 0.286. The summed E-state index contributed by atoms with van der Waals surface area (Å²) in [6, 6.07) is 12.8. The zero-order valence-electron chi connectivity index (χ0n) is 15.2. The van der Waals surface area contributed by atoms with E-state index < -0.39 is 0 Å². The smallest absolute Gasteiger partial charge is 0.255 e. The van der Waals surface area contributed by atoms with Gasteiger partial charge in [0.2, 0.25) is 0 Å². The lowest BCUT2D eigenvalue weighted by Crippen LogP contribution is -2.35. The highest BCUT2D eigenvalue weighted by Crippen LogP contribution is 2.38. The first kappa shape index (κ1) is 17.6. The van der Waals surface area contributed by atoms with E-state index in [4.69, 9.17) is 9.15 Å². The van der Waals surface area contributed by atoms with Crippen molar-refractivity contribution in [2.24, 2.45) is 0 Å². The molecule has 0 spiro atoms. The number of carbonyl (C=O) groups excluding carboxylic acids is 1. The Labute approximate surface area is 157 Å². The van der Waals surface area contributed by atoms with Crippen LogP contribution in [-0.2, 0) is 11.3 Å². The zero-order chi connectivity index (χ0) is 18.8. The standard InChI is InChI=1S/C21H22N2O4/c1-22-21(25)19-18-15(13-23-7-9-26-10-8-23)11-16(24)12-17(18)27-20(19)14-5-3-2-4-6-14/h2-6,11-12,24H,7-10,13H2,1H3,(H,22,25). The molecule has 2 N–H and O–H groups in total. The maximum atomic E-state index is 12.7. The largest absolute Gasteiger partial charge is 0.508 e. The number of ether oxygens (including phenoxy) is 1. The Balaban J connectivity index is 1.90. The quantitative estimate of drug-likeness (QED) is 0.742. The molecule has 27 heavy (non-hydrogen) atoms. The molecule has 1 fully saturated rings. The molecule has 0 aliphatic carbocycles. The molecule has 1 aliphatic heterocycles. The Bertz CT molecular complexity index is 959. The summed E-state index contributed by atoms with van der Waals surface area (Å²) in [6.07, 6.45) is 0. The summed E-state index contributed by atoms with van der Waals surface area (Å²) in [5, 5.41) is 13.7. The highest BCUT2D eigenvalue weighted by molar-refractivity contribution is 6.12. The average molecular weight is 366 g/mol. The van der Waals surface area contributed by atoms with Crippen LogP contribution in [0.3, 0.4) is 0 Å². The number of hydrogen-bond acceptors (Lipinski definition) is 5. The minimum Gasteiger partial charge on any atom is -0.508 e. The number of fused-ring (bicyclic) bond motifs is 1. The molecule has 140 valence electrons. The molecule has 3 aromatic rings. The predicted octanol–water partition coefficient (Wildman–Crippen LogP) is 3.00. The number of amides is 1. The first-order valence-electron chi connectivity index (χ1n) is 9.03. The van der Waals surface area contributed by atoms with E-state index in [0.717, 1.165) is 29.6 Å². The number of phenols is 1. The molecule has 1 amide bonds. The summed E-state index contributed by atoms with van der Waals surface area (Å²) in [5.74, 6) is 0.433. The number of nitrogens with one attached hydrogen (secondary N) is 1. The van der Waals surface area contributed by atoms with Gasteiger partial charge in [0.1, 0.15) is 17.1 Å². The number of benzene rings is 2. The van der Waals surface area contributed by atoms with E-state index in [0.29, 0.717) is 36.7 Å². The number of phenolic OH excluding ortho intramolecular Hbond substituents is 1. The maximum absolute atomic E-state index is 12.7. The summed E-state index contributed by atoms with van der Waals surface area (Å²) < 4.78 is 11.5. The van der Waals surface area contributed by atoms with Crippen molar-refractivity contribution in [2.75, 3.05) is 33.4 Å². The zero-order valence-corrected chi connectivity index (χ0v) is 15.2. The molecule has 2 heterocycles. The van der Waals surface area contributed by atoms with Gasteiger partial charge in [-0.05, 0) is 11.6 Å². The lowest BCUT2D eigenvalue weighted by atomic mass is 10.00. The Hall–Kier alpha value is -2.83. The van der Waals surface area contributed by atoms with Crippen molar-refractivity contribution in [3.8, 4) is 17.1 Å². The van der Waals surface area contributed by atoms with Gasteiger partial charge in [-0.3, -0.25) is 9.69 Å². The predicted molar refractivity (Wildman–Crippen MR) is 103 cm³/mol. The van der Waals surface area contributed by atoms with Gasteiger partial charge in [0, 0.05) is 43.7 Å². The van der Waals surface area contributed by atoms with E-state index in [1.807, 2.05) is 30.3 Å². The van der Waals surface area contributed by atoms with Gasteiger partial charge >= 0.3 is 0 Å². The topological polar surface area (TPSA) is 74.9 Å². The third kappa shape index (κ3) is 3.41. The molecular weight excluding hydrogens is 344 g/mol. The number of aromatic hydroxyl groups is 1. The Morgan fingerprint density at radius 3 is 2.63 bits per heavy atom. The Morgan fingerprint density at radius 2 is 1.93 bits per heavy atom. The van der Waals surface area contributed by atoms with Gasteiger partial charge in [0.15, 0.2) is 0 Å². The van der Waals surface area contributed by atoms with Crippen LogP contribution in [0.1, 0.15) is 15.9 Å². The van der Waals surface area contributed by atoms with Crippen molar-refractivity contribution >= 4 is 16.9 Å². The fourth-order valence-electron chi connectivity index (χ4n) is 3.56. The van der Waals surface area contributed by atoms with E-state index in [1.54, 1.807) is 19.2 Å². The van der Waals surface area contributed by atoms with Gasteiger partial charge < -0.3 is 19.6 Å². The van der Waals surface area contributed by atoms with Crippen LogP contribution in [0.4, 0.5) is 0 Å². The molecule has 0 bridgehead atoms. The number of nitrogens with zero attached hydrogens (tertiary/aromatic N) is 1. The monoisotopic (exact) mass is 366 g/mol. The first-order valence-corrected chi connectivity index (χ1v) is 9.03. The van der Waals surface area contributed by atoms with E-state index in [2.05, 4.69) is 10.2 Å².